The third-order valence-corrected chi connectivity index (χ3v) is 7.17. The van der Waals surface area contributed by atoms with Crippen molar-refractivity contribution in [3.63, 3.8) is 0 Å². The lowest BCUT2D eigenvalue weighted by molar-refractivity contribution is -0.113. The Labute approximate surface area is 190 Å². The van der Waals surface area contributed by atoms with Crippen LogP contribution in [-0.2, 0) is 9.53 Å². The molecule has 1 aromatic carbocycles. The third-order valence-electron chi connectivity index (χ3n) is 5.92. The van der Waals surface area contributed by atoms with E-state index in [4.69, 9.17) is 18.9 Å². The molecule has 10 heteroatoms. The molecule has 0 spiro atoms. The van der Waals surface area contributed by atoms with Gasteiger partial charge in [-0.1, -0.05) is 0 Å². The number of H-pyrrole nitrogens is 1. The Kier molecular flexibility index (Phi) is 6.17. The number of aromatic amines is 1. The number of anilines is 1. The first-order valence-electron chi connectivity index (χ1n) is 10.5. The van der Waals surface area contributed by atoms with Crippen molar-refractivity contribution < 1.29 is 23.7 Å². The van der Waals surface area contributed by atoms with Crippen molar-refractivity contribution in [3.05, 3.63) is 33.6 Å². The molecule has 2 aliphatic heterocycles. The van der Waals surface area contributed by atoms with Gasteiger partial charge in [0.15, 0.2) is 11.5 Å². The lowest BCUT2D eigenvalue weighted by Gasteiger charge is -2.36. The molecule has 0 saturated carbocycles. The highest BCUT2D eigenvalue weighted by Gasteiger charge is 2.37. The van der Waals surface area contributed by atoms with Gasteiger partial charge in [-0.2, -0.15) is 0 Å². The average Bonchev–Trinajstić information content (AvgIpc) is 2.97. The van der Waals surface area contributed by atoms with Gasteiger partial charge in [0.1, 0.15) is 11.6 Å². The molecule has 32 heavy (non-hydrogen) atoms. The summed E-state index contributed by atoms with van der Waals surface area (Å²) < 4.78 is 24.2. The zero-order chi connectivity index (χ0) is 23.0. The van der Waals surface area contributed by atoms with Gasteiger partial charge in [0.25, 0.3) is 5.56 Å². The molecule has 2 unspecified atom stereocenters. The maximum atomic E-state index is 13.2. The summed E-state index contributed by atoms with van der Waals surface area (Å²) in [6, 6.07) is 3.55. The Bertz CT molecular complexity index is 1080. The van der Waals surface area contributed by atoms with Crippen LogP contribution in [0.25, 0.3) is 0 Å². The van der Waals surface area contributed by atoms with Gasteiger partial charge in [0.2, 0.25) is 5.91 Å². The number of methoxy groups -OCH3 is 3. The molecule has 1 aromatic heterocycles. The number of aromatic nitrogens is 2. The molecule has 2 atom stereocenters. The summed E-state index contributed by atoms with van der Waals surface area (Å²) >= 11 is 1.38. The topological polar surface area (TPSA) is 104 Å². The van der Waals surface area contributed by atoms with Gasteiger partial charge in [-0.15, -0.1) is 11.8 Å². The van der Waals surface area contributed by atoms with Crippen LogP contribution in [0.1, 0.15) is 49.1 Å². The summed E-state index contributed by atoms with van der Waals surface area (Å²) in [6.45, 7) is 4.65. The van der Waals surface area contributed by atoms with Gasteiger partial charge in [-0.25, -0.2) is 0 Å². The number of hydrogen-bond acceptors (Lipinski definition) is 7. The number of carbonyl (C=O) groups excluding carboxylic acids is 1. The molecule has 1 amide bonds. The molecule has 2 aromatic rings. The summed E-state index contributed by atoms with van der Waals surface area (Å²) in [5, 5.41) is 5.51. The third kappa shape index (κ3) is 4.09. The Balaban J connectivity index is 1.86. The largest absolute Gasteiger partial charge is 0.496 e. The molecule has 0 bridgehead atoms. The molecule has 2 N–H and O–H groups in total. The molecule has 4 rings (SSSR count). The fourth-order valence-electron chi connectivity index (χ4n) is 4.44. The van der Waals surface area contributed by atoms with E-state index < -0.39 is 5.25 Å². The van der Waals surface area contributed by atoms with Crippen molar-refractivity contribution >= 4 is 23.5 Å². The van der Waals surface area contributed by atoms with Crippen molar-refractivity contribution in [2.24, 2.45) is 0 Å². The molecular weight excluding hydrogens is 434 g/mol. The monoisotopic (exact) mass is 463 g/mol. The van der Waals surface area contributed by atoms with Gasteiger partial charge in [0.05, 0.1) is 49.5 Å². The predicted molar refractivity (Wildman–Crippen MR) is 122 cm³/mol. The minimum atomic E-state index is -0.434. The molecule has 174 valence electrons. The molecule has 1 saturated heterocycles. The molecule has 1 fully saturated rings. The highest BCUT2D eigenvalue weighted by atomic mass is 32.2. The predicted octanol–water partition coefficient (Wildman–Crippen LogP) is 3.11. The zero-order valence-electron chi connectivity index (χ0n) is 18.9. The molecule has 9 nitrogen and oxygen atoms in total. The second-order valence-corrected chi connectivity index (χ2v) is 9.61. The summed E-state index contributed by atoms with van der Waals surface area (Å²) in [7, 11) is 4.68. The zero-order valence-corrected chi connectivity index (χ0v) is 19.8. The van der Waals surface area contributed by atoms with E-state index in [1.807, 2.05) is 24.6 Å². The number of rotatable bonds is 5. The fraction of sp³-hybridized carbons (Fsp3) is 0.545. The number of benzene rings is 1. The van der Waals surface area contributed by atoms with Crippen molar-refractivity contribution in [1.29, 1.82) is 0 Å². The second-order valence-electron chi connectivity index (χ2n) is 8.52. The van der Waals surface area contributed by atoms with E-state index >= 15 is 0 Å². The van der Waals surface area contributed by atoms with Crippen molar-refractivity contribution in [1.82, 2.24) is 9.78 Å². The maximum Gasteiger partial charge on any atom is 0.270 e. The first kappa shape index (κ1) is 22.6. The van der Waals surface area contributed by atoms with Crippen LogP contribution in [0.4, 0.5) is 5.82 Å². The maximum absolute atomic E-state index is 13.2. The summed E-state index contributed by atoms with van der Waals surface area (Å²) in [5.74, 6) is 2.16. The van der Waals surface area contributed by atoms with Crippen molar-refractivity contribution in [2.75, 3.05) is 39.0 Å². The quantitative estimate of drug-likeness (QED) is 0.702. The van der Waals surface area contributed by atoms with Crippen LogP contribution >= 0.6 is 11.8 Å². The summed E-state index contributed by atoms with van der Waals surface area (Å²) in [5.41, 5.74) is 0.687. The Morgan fingerprint density at radius 3 is 2.44 bits per heavy atom. The SMILES string of the molecule is COc1cc(OC)c(C2SCC(=O)Nc3c2c(=O)[nH]n3C2CCOC(C)(C)C2)cc1OC. The van der Waals surface area contributed by atoms with Crippen LogP contribution in [0.2, 0.25) is 0 Å². The Morgan fingerprint density at radius 2 is 1.78 bits per heavy atom. The molecule has 2 aliphatic rings. The van der Waals surface area contributed by atoms with Gasteiger partial charge in [0, 0.05) is 18.2 Å². The van der Waals surface area contributed by atoms with Crippen LogP contribution < -0.4 is 25.1 Å². The molecule has 0 radical (unpaired) electrons. The second kappa shape index (κ2) is 8.74. The van der Waals surface area contributed by atoms with E-state index in [2.05, 4.69) is 10.4 Å². The average molecular weight is 464 g/mol. The van der Waals surface area contributed by atoms with E-state index in [1.165, 1.54) is 11.8 Å². The fourth-order valence-corrected chi connectivity index (χ4v) is 5.58. The van der Waals surface area contributed by atoms with E-state index in [0.717, 1.165) is 18.4 Å². The van der Waals surface area contributed by atoms with Gasteiger partial charge in [-0.3, -0.25) is 19.4 Å². The lowest BCUT2D eigenvalue weighted by atomic mass is 9.94. The minimum Gasteiger partial charge on any atom is -0.496 e. The Hall–Kier alpha value is -2.59. The number of hydrogen-bond donors (Lipinski definition) is 2. The van der Waals surface area contributed by atoms with Gasteiger partial charge < -0.3 is 24.3 Å². The number of carbonyl (C=O) groups is 1. The number of amides is 1. The highest BCUT2D eigenvalue weighted by Crippen LogP contribution is 2.47. The normalized spacial score (nSPS) is 22.5. The van der Waals surface area contributed by atoms with Crippen LogP contribution in [0.15, 0.2) is 16.9 Å². The van der Waals surface area contributed by atoms with E-state index in [-0.39, 0.29) is 28.9 Å². The number of nitrogens with zero attached hydrogens (tertiary/aromatic N) is 1. The molecule has 3 heterocycles. The molecule has 0 aliphatic carbocycles. The van der Waals surface area contributed by atoms with Crippen LogP contribution in [0, 0.1) is 0 Å². The number of thioether (sulfide) groups is 1. The standard InChI is InChI=1S/C22H29N3O6S/c1-22(2)10-12(6-7-31-22)25-20-18(21(27)24-25)19(32-11-17(26)23-20)13-8-15(29-4)16(30-5)9-14(13)28-3/h8-9,12,19H,6-7,10-11H2,1-5H3,(H,23,26)(H,24,27). The smallest absolute Gasteiger partial charge is 0.270 e. The van der Waals surface area contributed by atoms with Gasteiger partial charge >= 0.3 is 0 Å². The van der Waals surface area contributed by atoms with Crippen molar-refractivity contribution in [2.45, 2.75) is 43.6 Å². The van der Waals surface area contributed by atoms with E-state index in [0.29, 0.717) is 35.2 Å². The van der Waals surface area contributed by atoms with Crippen LogP contribution in [0.3, 0.4) is 0 Å². The number of fused-ring (bicyclic) bond motifs is 1. The lowest BCUT2D eigenvalue weighted by Crippen LogP contribution is -2.36. The highest BCUT2D eigenvalue weighted by molar-refractivity contribution is 8.00. The first-order chi connectivity index (χ1) is 15.3. The summed E-state index contributed by atoms with van der Waals surface area (Å²) in [4.78, 5) is 25.9. The number of ether oxygens (including phenoxy) is 4. The summed E-state index contributed by atoms with van der Waals surface area (Å²) in [6.07, 6.45) is 1.46. The van der Waals surface area contributed by atoms with E-state index in [1.54, 1.807) is 27.4 Å². The van der Waals surface area contributed by atoms with Crippen LogP contribution in [-0.4, -0.2) is 55.0 Å². The molecular formula is C22H29N3O6S. The first-order valence-corrected chi connectivity index (χ1v) is 11.5. The number of nitrogens with one attached hydrogen (secondary N) is 2. The Morgan fingerprint density at radius 1 is 1.09 bits per heavy atom. The van der Waals surface area contributed by atoms with Crippen molar-refractivity contribution in [3.8, 4) is 17.2 Å². The van der Waals surface area contributed by atoms with E-state index in [9.17, 15) is 9.59 Å². The van der Waals surface area contributed by atoms with Crippen LogP contribution in [0.5, 0.6) is 17.2 Å². The minimum absolute atomic E-state index is 0.00606. The van der Waals surface area contributed by atoms with Gasteiger partial charge in [-0.05, 0) is 32.8 Å².